The van der Waals surface area contributed by atoms with E-state index in [1.165, 1.54) is 0 Å². The molecule has 0 unspecified atom stereocenters. The zero-order valence-corrected chi connectivity index (χ0v) is 14.7. The molecule has 2 aromatic carbocycles. The second-order valence-electron chi connectivity index (χ2n) is 6.11. The van der Waals surface area contributed by atoms with Gasteiger partial charge in [0.05, 0.1) is 17.4 Å². The van der Waals surface area contributed by atoms with Gasteiger partial charge in [-0.3, -0.25) is 19.8 Å². The molecule has 1 atom stereocenters. The summed E-state index contributed by atoms with van der Waals surface area (Å²) in [4.78, 5) is 44.8. The molecule has 0 bridgehead atoms. The molecule has 8 heteroatoms. The van der Waals surface area contributed by atoms with Crippen LogP contribution in [0, 0.1) is 0 Å². The Morgan fingerprint density at radius 3 is 2.52 bits per heavy atom. The lowest BCUT2D eigenvalue weighted by molar-refractivity contribution is -0.125. The summed E-state index contributed by atoms with van der Waals surface area (Å²) >= 11 is 0. The molecule has 0 fully saturated rings. The number of imide groups is 1. The average Bonchev–Trinajstić information content (AvgIpc) is 2.62. The molecule has 3 aromatic rings. The van der Waals surface area contributed by atoms with E-state index in [-0.39, 0.29) is 12.1 Å². The molecule has 0 aliphatic heterocycles. The lowest BCUT2D eigenvalue weighted by Crippen LogP contribution is -2.43. The third kappa shape index (κ3) is 4.18. The van der Waals surface area contributed by atoms with Crippen LogP contribution in [0.3, 0.4) is 0 Å². The molecule has 1 heterocycles. The largest absolute Gasteiger partial charge is 0.351 e. The number of aromatic nitrogens is 2. The summed E-state index contributed by atoms with van der Waals surface area (Å²) in [6, 6.07) is 14.3. The van der Waals surface area contributed by atoms with E-state index in [1.807, 2.05) is 6.07 Å². The van der Waals surface area contributed by atoms with Gasteiger partial charge in [-0.15, -0.1) is 0 Å². The van der Waals surface area contributed by atoms with Crippen molar-refractivity contribution in [1.29, 1.82) is 0 Å². The third-order valence-corrected chi connectivity index (χ3v) is 4.11. The first-order valence-corrected chi connectivity index (χ1v) is 8.29. The normalized spacial score (nSPS) is 12.1. The number of H-pyrrole nitrogens is 1. The van der Waals surface area contributed by atoms with Crippen LogP contribution in [-0.4, -0.2) is 33.9 Å². The molecule has 4 N–H and O–H groups in total. The van der Waals surface area contributed by atoms with Crippen LogP contribution in [0.2, 0.25) is 0 Å². The van der Waals surface area contributed by atoms with Crippen molar-refractivity contribution in [3.8, 4) is 0 Å². The molecule has 8 nitrogen and oxygen atoms in total. The number of nitrogens with zero attached hydrogens (tertiary/aromatic N) is 2. The van der Waals surface area contributed by atoms with Gasteiger partial charge < -0.3 is 10.7 Å². The molecule has 1 aromatic heterocycles. The van der Waals surface area contributed by atoms with Crippen LogP contribution in [0.4, 0.5) is 4.79 Å². The van der Waals surface area contributed by atoms with Crippen LogP contribution >= 0.6 is 0 Å². The number of amides is 3. The Morgan fingerprint density at radius 1 is 1.15 bits per heavy atom. The standard InChI is InChI=1S/C19H19N5O3/c1-24(11-15-21-14-10-6-5-9-13(14)17(25)22-15)16(18(26)23-19(20)27)12-7-3-2-4-8-12/h2-10,16H,11H2,1H3,(H,21,22,25)(H3,20,23,26,27)/t16-/m1/s1. The van der Waals surface area contributed by atoms with Crippen molar-refractivity contribution in [3.05, 3.63) is 76.3 Å². The minimum absolute atomic E-state index is 0.186. The molecule has 0 spiro atoms. The number of carbonyl (C=O) groups excluding carboxylic acids is 2. The molecule has 0 radical (unpaired) electrons. The van der Waals surface area contributed by atoms with E-state index >= 15 is 0 Å². The van der Waals surface area contributed by atoms with Gasteiger partial charge in [0.2, 0.25) is 5.91 Å². The highest BCUT2D eigenvalue weighted by molar-refractivity contribution is 5.96. The number of hydrogen-bond acceptors (Lipinski definition) is 5. The molecule has 3 amide bonds. The SMILES string of the molecule is CN(Cc1nc2ccccc2c(=O)[nH]1)[C@@H](C(=O)NC(N)=O)c1ccccc1. The monoisotopic (exact) mass is 365 g/mol. The van der Waals surface area contributed by atoms with Crippen molar-refractivity contribution < 1.29 is 9.59 Å². The molecule has 0 saturated carbocycles. The van der Waals surface area contributed by atoms with Gasteiger partial charge in [0, 0.05) is 0 Å². The number of fused-ring (bicyclic) bond motifs is 1. The maximum absolute atomic E-state index is 12.5. The van der Waals surface area contributed by atoms with E-state index in [0.717, 1.165) is 0 Å². The number of hydrogen-bond donors (Lipinski definition) is 3. The van der Waals surface area contributed by atoms with E-state index in [0.29, 0.717) is 22.3 Å². The van der Waals surface area contributed by atoms with Gasteiger partial charge >= 0.3 is 6.03 Å². The minimum Gasteiger partial charge on any atom is -0.351 e. The molecule has 138 valence electrons. The van der Waals surface area contributed by atoms with Gasteiger partial charge in [-0.1, -0.05) is 42.5 Å². The second-order valence-corrected chi connectivity index (χ2v) is 6.11. The van der Waals surface area contributed by atoms with Crippen LogP contribution in [0.25, 0.3) is 10.9 Å². The summed E-state index contributed by atoms with van der Waals surface area (Å²) in [5, 5.41) is 2.61. The second kappa shape index (κ2) is 7.79. The first-order chi connectivity index (χ1) is 13.0. The number of para-hydroxylation sites is 1. The fourth-order valence-corrected chi connectivity index (χ4v) is 2.97. The lowest BCUT2D eigenvalue weighted by atomic mass is 10.0. The number of nitrogens with one attached hydrogen (secondary N) is 2. The maximum Gasteiger partial charge on any atom is 0.318 e. The molecule has 0 aliphatic carbocycles. The van der Waals surface area contributed by atoms with Gasteiger partial charge in [0.1, 0.15) is 11.9 Å². The molecular weight excluding hydrogens is 346 g/mol. The minimum atomic E-state index is -0.924. The molecule has 0 aliphatic rings. The van der Waals surface area contributed by atoms with Crippen LogP contribution in [0.15, 0.2) is 59.4 Å². The van der Waals surface area contributed by atoms with Gasteiger partial charge in [0.25, 0.3) is 5.56 Å². The number of aromatic amines is 1. The Bertz CT molecular complexity index is 1030. The highest BCUT2D eigenvalue weighted by Gasteiger charge is 2.26. The fraction of sp³-hybridized carbons (Fsp3) is 0.158. The maximum atomic E-state index is 12.5. The highest BCUT2D eigenvalue weighted by atomic mass is 16.2. The van der Waals surface area contributed by atoms with Crippen molar-refractivity contribution in [2.45, 2.75) is 12.6 Å². The Kier molecular flexibility index (Phi) is 5.28. The van der Waals surface area contributed by atoms with Crippen LogP contribution in [0.5, 0.6) is 0 Å². The fourth-order valence-electron chi connectivity index (χ4n) is 2.97. The third-order valence-electron chi connectivity index (χ3n) is 4.11. The van der Waals surface area contributed by atoms with Gasteiger partial charge in [-0.05, 0) is 24.7 Å². The summed E-state index contributed by atoms with van der Waals surface area (Å²) in [7, 11) is 1.70. The molecule has 0 saturated heterocycles. The summed E-state index contributed by atoms with van der Waals surface area (Å²) in [5.74, 6) is -0.145. The van der Waals surface area contributed by atoms with E-state index in [4.69, 9.17) is 5.73 Å². The first-order valence-electron chi connectivity index (χ1n) is 8.29. The Hall–Kier alpha value is -3.52. The van der Waals surface area contributed by atoms with Crippen molar-refractivity contribution in [3.63, 3.8) is 0 Å². The number of urea groups is 1. The first kappa shape index (κ1) is 18.3. The van der Waals surface area contributed by atoms with Crippen molar-refractivity contribution in [1.82, 2.24) is 20.2 Å². The average molecular weight is 365 g/mol. The number of primary amides is 1. The number of carbonyl (C=O) groups is 2. The topological polar surface area (TPSA) is 121 Å². The van der Waals surface area contributed by atoms with Crippen molar-refractivity contribution in [2.75, 3.05) is 7.05 Å². The summed E-state index contributed by atoms with van der Waals surface area (Å²) in [6.07, 6.45) is 0. The smallest absolute Gasteiger partial charge is 0.318 e. The van der Waals surface area contributed by atoms with Gasteiger partial charge in [-0.2, -0.15) is 0 Å². The summed E-state index contributed by atoms with van der Waals surface area (Å²) < 4.78 is 0. The van der Waals surface area contributed by atoms with E-state index < -0.39 is 18.0 Å². The van der Waals surface area contributed by atoms with Gasteiger partial charge in [-0.25, -0.2) is 9.78 Å². The van der Waals surface area contributed by atoms with Crippen LogP contribution in [-0.2, 0) is 11.3 Å². The predicted molar refractivity (Wildman–Crippen MR) is 101 cm³/mol. The zero-order chi connectivity index (χ0) is 19.4. The Labute approximate surface area is 155 Å². The van der Waals surface area contributed by atoms with Crippen molar-refractivity contribution >= 4 is 22.8 Å². The van der Waals surface area contributed by atoms with Crippen molar-refractivity contribution in [2.24, 2.45) is 5.73 Å². The van der Waals surface area contributed by atoms with Crippen LogP contribution < -0.4 is 16.6 Å². The predicted octanol–water partition coefficient (Wildman–Crippen LogP) is 1.29. The Balaban J connectivity index is 1.92. The van der Waals surface area contributed by atoms with E-state index in [1.54, 1.807) is 60.5 Å². The van der Waals surface area contributed by atoms with E-state index in [9.17, 15) is 14.4 Å². The number of rotatable bonds is 5. The number of likely N-dealkylation sites (N-methyl/N-ethyl adjacent to an activating group) is 1. The summed E-state index contributed by atoms with van der Waals surface area (Å²) in [5.41, 5.74) is 6.10. The number of nitrogens with two attached hydrogens (primary N) is 1. The quantitative estimate of drug-likeness (QED) is 0.629. The summed E-state index contributed by atoms with van der Waals surface area (Å²) in [6.45, 7) is 0.186. The molecule has 3 rings (SSSR count). The Morgan fingerprint density at radius 2 is 1.81 bits per heavy atom. The molecular formula is C19H19N5O3. The highest BCUT2D eigenvalue weighted by Crippen LogP contribution is 2.21. The van der Waals surface area contributed by atoms with E-state index in [2.05, 4.69) is 15.3 Å². The van der Waals surface area contributed by atoms with Gasteiger partial charge in [0.15, 0.2) is 0 Å². The zero-order valence-electron chi connectivity index (χ0n) is 14.7. The molecule has 27 heavy (non-hydrogen) atoms. The van der Waals surface area contributed by atoms with Crippen LogP contribution in [0.1, 0.15) is 17.4 Å². The number of benzene rings is 2. The lowest BCUT2D eigenvalue weighted by Gasteiger charge is -2.26.